The molecule has 0 radical (unpaired) electrons. The largest absolute Gasteiger partial charge is 0.497 e. The summed E-state index contributed by atoms with van der Waals surface area (Å²) in [6.45, 7) is 5.80. The number of sulfonamides is 1. The molecule has 5 atom stereocenters. The van der Waals surface area contributed by atoms with Gasteiger partial charge in [-0.3, -0.25) is 9.88 Å². The second-order valence-corrected chi connectivity index (χ2v) is 11.6. The van der Waals surface area contributed by atoms with Crippen LogP contribution in [-0.4, -0.2) is 65.9 Å². The number of aromatic nitrogens is 1. The lowest BCUT2D eigenvalue weighted by molar-refractivity contribution is 0.00490. The maximum absolute atomic E-state index is 14.1. The third-order valence-electron chi connectivity index (χ3n) is 8.10. The van der Waals surface area contributed by atoms with Gasteiger partial charge in [0.05, 0.1) is 40.0 Å². The zero-order valence-electron chi connectivity index (χ0n) is 22.7. The second-order valence-electron chi connectivity index (χ2n) is 9.96. The van der Waals surface area contributed by atoms with E-state index in [-0.39, 0.29) is 22.4 Å². The van der Waals surface area contributed by atoms with E-state index in [4.69, 9.17) is 18.9 Å². The third-order valence-corrected chi connectivity index (χ3v) is 9.56. The van der Waals surface area contributed by atoms with Gasteiger partial charge in [0.1, 0.15) is 10.6 Å². The van der Waals surface area contributed by atoms with Crippen LogP contribution < -0.4 is 23.7 Å². The highest BCUT2D eigenvalue weighted by atomic mass is 32.2. The number of hydrogen-bond acceptors (Lipinski definition) is 8. The molecule has 3 aliphatic rings. The van der Waals surface area contributed by atoms with Crippen LogP contribution in [-0.2, 0) is 10.0 Å². The van der Waals surface area contributed by atoms with Crippen LogP contribution >= 0.6 is 0 Å². The number of hydrogen-bond donors (Lipinski definition) is 1. The summed E-state index contributed by atoms with van der Waals surface area (Å²) in [6, 6.07) is 9.99. The van der Waals surface area contributed by atoms with Crippen LogP contribution in [0.25, 0.3) is 10.9 Å². The van der Waals surface area contributed by atoms with Gasteiger partial charge < -0.3 is 18.9 Å². The Hall–Kier alpha value is -3.34. The first-order chi connectivity index (χ1) is 18.8. The van der Waals surface area contributed by atoms with Gasteiger partial charge in [0, 0.05) is 24.2 Å². The Kier molecular flexibility index (Phi) is 7.70. The molecule has 0 amide bonds. The average molecular weight is 554 g/mol. The quantitative estimate of drug-likeness (QED) is 0.373. The molecule has 3 aromatic rings. The van der Waals surface area contributed by atoms with E-state index in [1.54, 1.807) is 19.4 Å². The summed E-state index contributed by atoms with van der Waals surface area (Å²) in [6.07, 6.45) is 5.68. The molecule has 2 aromatic carbocycles. The molecule has 3 aliphatic heterocycles. The van der Waals surface area contributed by atoms with Crippen LogP contribution in [0.2, 0.25) is 0 Å². The molecule has 39 heavy (non-hydrogen) atoms. The van der Waals surface area contributed by atoms with E-state index >= 15 is 0 Å². The molecule has 0 aliphatic carbocycles. The number of nitrogens with zero attached hydrogens (tertiary/aromatic N) is 2. The Labute approximate surface area is 229 Å². The van der Waals surface area contributed by atoms with Gasteiger partial charge in [-0.25, -0.2) is 13.1 Å². The summed E-state index contributed by atoms with van der Waals surface area (Å²) < 4.78 is 53.2. The summed E-state index contributed by atoms with van der Waals surface area (Å²) in [7, 11) is 1.88. The molecule has 1 aromatic heterocycles. The van der Waals surface area contributed by atoms with Gasteiger partial charge in [0.15, 0.2) is 11.5 Å². The molecule has 9 nitrogen and oxygen atoms in total. The molecule has 10 heteroatoms. The molecular formula is C29H35N3O6S. The summed E-state index contributed by atoms with van der Waals surface area (Å²) in [5.41, 5.74) is 1.61. The van der Waals surface area contributed by atoms with Crippen LogP contribution in [0.5, 0.6) is 23.0 Å². The van der Waals surface area contributed by atoms with Crippen molar-refractivity contribution in [3.63, 3.8) is 0 Å². The number of pyridine rings is 1. The topological polar surface area (TPSA) is 99.2 Å². The highest BCUT2D eigenvalue weighted by Gasteiger charge is 2.44. The minimum absolute atomic E-state index is 0.0245. The lowest BCUT2D eigenvalue weighted by atomic mass is 9.73. The predicted molar refractivity (Wildman–Crippen MR) is 149 cm³/mol. The molecule has 4 heterocycles. The molecule has 1 unspecified atom stereocenters. The normalized spacial score (nSPS) is 23.3. The van der Waals surface area contributed by atoms with E-state index in [0.29, 0.717) is 23.3 Å². The number of fused-ring (bicyclic) bond motifs is 4. The Bertz CT molecular complexity index is 1480. The number of rotatable bonds is 10. The number of benzene rings is 2. The molecule has 208 valence electrons. The Morgan fingerprint density at radius 3 is 2.49 bits per heavy atom. The molecule has 3 fully saturated rings. The zero-order chi connectivity index (χ0) is 27.7. The summed E-state index contributed by atoms with van der Waals surface area (Å²) >= 11 is 0. The van der Waals surface area contributed by atoms with Crippen molar-refractivity contribution in [2.45, 2.75) is 29.8 Å². The monoisotopic (exact) mass is 553 g/mol. The minimum Gasteiger partial charge on any atom is -0.497 e. The standard InChI is InChI=1S/C29H35N3O6S/c1-6-18-17-32-14-12-19(18)15-24(32)27(21-11-13-30-23-8-7-20(35-2)16-22(21)23)31-39(33,34)26-10-9-25(36-3)28(37-4)29(26)38-5/h6-11,13,16,18-19,24,27,31H,1,12,14-15,17H2,2-5H3/t18-,19-,24+,27+/m0/s1. The minimum atomic E-state index is -4.09. The predicted octanol–water partition coefficient (Wildman–Crippen LogP) is 4.19. The third kappa shape index (κ3) is 4.92. The van der Waals surface area contributed by atoms with Gasteiger partial charge in [-0.05, 0) is 73.2 Å². The number of methoxy groups -OCH3 is 4. The van der Waals surface area contributed by atoms with E-state index in [9.17, 15) is 8.42 Å². The molecule has 0 saturated carbocycles. The van der Waals surface area contributed by atoms with Crippen LogP contribution in [0.1, 0.15) is 24.4 Å². The highest BCUT2D eigenvalue weighted by molar-refractivity contribution is 7.89. The van der Waals surface area contributed by atoms with Crippen LogP contribution in [0.3, 0.4) is 0 Å². The fourth-order valence-corrected chi connectivity index (χ4v) is 7.55. The lowest BCUT2D eigenvalue weighted by Gasteiger charge is -2.51. The Morgan fingerprint density at radius 1 is 1.05 bits per heavy atom. The zero-order valence-corrected chi connectivity index (χ0v) is 23.5. The van der Waals surface area contributed by atoms with Crippen molar-refractivity contribution < 1.29 is 27.4 Å². The fourth-order valence-electron chi connectivity index (χ4n) is 6.13. The lowest BCUT2D eigenvalue weighted by Crippen LogP contribution is -2.57. The van der Waals surface area contributed by atoms with Gasteiger partial charge in [-0.1, -0.05) is 6.08 Å². The first kappa shape index (κ1) is 27.2. The van der Waals surface area contributed by atoms with Gasteiger partial charge >= 0.3 is 0 Å². The Balaban J connectivity index is 1.64. The SMILES string of the molecule is C=C[C@H]1CN2CC[C@H]1C[C@@H]2[C@H](NS(=O)(=O)c1ccc(OC)c(OC)c1OC)c1ccnc2ccc(OC)cc12. The van der Waals surface area contributed by atoms with Gasteiger partial charge in [-0.15, -0.1) is 6.58 Å². The molecule has 6 rings (SSSR count). The molecule has 2 bridgehead atoms. The number of ether oxygens (including phenoxy) is 4. The van der Waals surface area contributed by atoms with E-state index < -0.39 is 16.1 Å². The van der Waals surface area contributed by atoms with Crippen molar-refractivity contribution in [2.75, 3.05) is 41.5 Å². The highest BCUT2D eigenvalue weighted by Crippen LogP contribution is 2.45. The molecular weight excluding hydrogens is 518 g/mol. The number of piperidine rings is 3. The van der Waals surface area contributed by atoms with Gasteiger partial charge in [-0.2, -0.15) is 0 Å². The van der Waals surface area contributed by atoms with Crippen molar-refractivity contribution in [2.24, 2.45) is 11.8 Å². The van der Waals surface area contributed by atoms with E-state index in [2.05, 4.69) is 21.2 Å². The van der Waals surface area contributed by atoms with E-state index in [1.807, 2.05) is 30.3 Å². The van der Waals surface area contributed by atoms with Crippen LogP contribution in [0, 0.1) is 11.8 Å². The van der Waals surface area contributed by atoms with Crippen molar-refractivity contribution in [3.05, 3.63) is 60.8 Å². The van der Waals surface area contributed by atoms with Crippen molar-refractivity contribution in [1.82, 2.24) is 14.6 Å². The summed E-state index contributed by atoms with van der Waals surface area (Å²) in [4.78, 5) is 6.89. The van der Waals surface area contributed by atoms with E-state index in [1.165, 1.54) is 27.4 Å². The summed E-state index contributed by atoms with van der Waals surface area (Å²) in [5.74, 6) is 2.20. The van der Waals surface area contributed by atoms with Crippen LogP contribution in [0.4, 0.5) is 0 Å². The van der Waals surface area contributed by atoms with Crippen LogP contribution in [0.15, 0.2) is 60.1 Å². The van der Waals surface area contributed by atoms with Gasteiger partial charge in [0.25, 0.3) is 0 Å². The van der Waals surface area contributed by atoms with E-state index in [0.717, 1.165) is 42.4 Å². The smallest absolute Gasteiger partial charge is 0.245 e. The Morgan fingerprint density at radius 2 is 1.85 bits per heavy atom. The first-order valence-electron chi connectivity index (χ1n) is 13.0. The summed E-state index contributed by atoms with van der Waals surface area (Å²) in [5, 5.41) is 0.840. The molecule has 1 N–H and O–H groups in total. The average Bonchev–Trinajstić information content (AvgIpc) is 2.98. The van der Waals surface area contributed by atoms with Crippen molar-refractivity contribution in [1.29, 1.82) is 0 Å². The maximum atomic E-state index is 14.1. The molecule has 3 saturated heterocycles. The number of nitrogens with one attached hydrogen (secondary N) is 1. The molecule has 0 spiro atoms. The maximum Gasteiger partial charge on any atom is 0.245 e. The van der Waals surface area contributed by atoms with Crippen molar-refractivity contribution >= 4 is 20.9 Å². The fraction of sp³-hybridized carbons (Fsp3) is 0.414. The van der Waals surface area contributed by atoms with Crippen molar-refractivity contribution in [3.8, 4) is 23.0 Å². The second kappa shape index (κ2) is 11.0. The van der Waals surface area contributed by atoms with Gasteiger partial charge in [0.2, 0.25) is 15.8 Å². The first-order valence-corrected chi connectivity index (χ1v) is 14.4.